The van der Waals surface area contributed by atoms with Crippen LogP contribution in [0.2, 0.25) is 0 Å². The van der Waals surface area contributed by atoms with Gasteiger partial charge < -0.3 is 10.4 Å². The standard InChI is InChI=1S/C10H19NO/c1-5-6-9(2)11-8-7-10(3,4)12/h1,9,11-12H,6-8H2,2-4H3. The lowest BCUT2D eigenvalue weighted by molar-refractivity contribution is 0.0706. The summed E-state index contributed by atoms with van der Waals surface area (Å²) in [5.74, 6) is 2.59. The van der Waals surface area contributed by atoms with Gasteiger partial charge in [-0.2, -0.15) is 0 Å². The van der Waals surface area contributed by atoms with E-state index in [-0.39, 0.29) is 0 Å². The highest BCUT2D eigenvalue weighted by molar-refractivity contribution is 4.88. The van der Waals surface area contributed by atoms with E-state index >= 15 is 0 Å². The number of rotatable bonds is 5. The first-order chi connectivity index (χ1) is 5.45. The normalized spacial score (nSPS) is 13.9. The quantitative estimate of drug-likeness (QED) is 0.605. The van der Waals surface area contributed by atoms with Crippen LogP contribution >= 0.6 is 0 Å². The molecule has 0 aliphatic rings. The van der Waals surface area contributed by atoms with Crippen LogP contribution in [0.15, 0.2) is 0 Å². The van der Waals surface area contributed by atoms with Gasteiger partial charge in [-0.1, -0.05) is 0 Å². The Morgan fingerprint density at radius 2 is 2.17 bits per heavy atom. The lowest BCUT2D eigenvalue weighted by Crippen LogP contribution is -2.31. The van der Waals surface area contributed by atoms with Crippen molar-refractivity contribution in [2.45, 2.75) is 45.3 Å². The molecule has 0 fully saturated rings. The van der Waals surface area contributed by atoms with Crippen molar-refractivity contribution in [3.8, 4) is 12.3 Å². The van der Waals surface area contributed by atoms with E-state index in [1.165, 1.54) is 0 Å². The summed E-state index contributed by atoms with van der Waals surface area (Å²) in [6.45, 7) is 6.47. The summed E-state index contributed by atoms with van der Waals surface area (Å²) < 4.78 is 0. The fourth-order valence-corrected chi connectivity index (χ4v) is 0.873. The highest BCUT2D eigenvalue weighted by Gasteiger charge is 2.11. The van der Waals surface area contributed by atoms with Gasteiger partial charge >= 0.3 is 0 Å². The fourth-order valence-electron chi connectivity index (χ4n) is 0.873. The van der Waals surface area contributed by atoms with E-state index in [0.717, 1.165) is 19.4 Å². The first-order valence-electron chi connectivity index (χ1n) is 4.35. The Hall–Kier alpha value is -0.520. The van der Waals surface area contributed by atoms with Gasteiger partial charge in [-0.15, -0.1) is 12.3 Å². The Morgan fingerprint density at radius 1 is 1.58 bits per heavy atom. The molecule has 0 radical (unpaired) electrons. The molecule has 0 saturated carbocycles. The summed E-state index contributed by atoms with van der Waals surface area (Å²) >= 11 is 0. The lowest BCUT2D eigenvalue weighted by Gasteiger charge is -2.18. The molecule has 2 heteroatoms. The largest absolute Gasteiger partial charge is 0.390 e. The third-order valence-corrected chi connectivity index (χ3v) is 1.65. The molecule has 1 unspecified atom stereocenters. The van der Waals surface area contributed by atoms with E-state index in [1.807, 2.05) is 6.92 Å². The average Bonchev–Trinajstić information content (AvgIpc) is 1.84. The van der Waals surface area contributed by atoms with Gasteiger partial charge in [0.2, 0.25) is 0 Å². The van der Waals surface area contributed by atoms with Crippen LogP contribution in [0.4, 0.5) is 0 Å². The van der Waals surface area contributed by atoms with Crippen molar-refractivity contribution < 1.29 is 5.11 Å². The topological polar surface area (TPSA) is 32.3 Å². The predicted molar refractivity (Wildman–Crippen MR) is 51.8 cm³/mol. The molecule has 2 N–H and O–H groups in total. The van der Waals surface area contributed by atoms with Crippen LogP contribution in [0.1, 0.15) is 33.6 Å². The monoisotopic (exact) mass is 169 g/mol. The van der Waals surface area contributed by atoms with E-state index in [0.29, 0.717) is 6.04 Å². The number of aliphatic hydroxyl groups is 1. The van der Waals surface area contributed by atoms with Gasteiger partial charge in [0.1, 0.15) is 0 Å². The SMILES string of the molecule is C#CCC(C)NCCC(C)(C)O. The second-order valence-corrected chi connectivity index (χ2v) is 3.83. The van der Waals surface area contributed by atoms with Gasteiger partial charge in [-0.05, 0) is 33.7 Å². The van der Waals surface area contributed by atoms with Gasteiger partial charge in [-0.25, -0.2) is 0 Å². The summed E-state index contributed by atoms with van der Waals surface area (Å²) in [4.78, 5) is 0. The Bertz CT molecular complexity index is 152. The molecule has 0 aromatic rings. The van der Waals surface area contributed by atoms with Gasteiger partial charge in [0, 0.05) is 12.5 Å². The summed E-state index contributed by atoms with van der Waals surface area (Å²) in [6, 6.07) is 0.345. The van der Waals surface area contributed by atoms with E-state index in [4.69, 9.17) is 6.42 Å². The van der Waals surface area contributed by atoms with E-state index in [2.05, 4.69) is 11.2 Å². The molecule has 0 aliphatic carbocycles. The van der Waals surface area contributed by atoms with Gasteiger partial charge in [-0.3, -0.25) is 0 Å². The Labute approximate surface area is 75.4 Å². The van der Waals surface area contributed by atoms with Crippen LogP contribution in [0.3, 0.4) is 0 Å². The van der Waals surface area contributed by atoms with Crippen LogP contribution in [0, 0.1) is 12.3 Å². The molecule has 0 saturated heterocycles. The molecule has 0 amide bonds. The molecular weight excluding hydrogens is 150 g/mol. The number of hydrogen-bond donors (Lipinski definition) is 2. The molecule has 12 heavy (non-hydrogen) atoms. The molecule has 2 nitrogen and oxygen atoms in total. The third-order valence-electron chi connectivity index (χ3n) is 1.65. The van der Waals surface area contributed by atoms with Gasteiger partial charge in [0.15, 0.2) is 0 Å². The average molecular weight is 169 g/mol. The maximum absolute atomic E-state index is 9.38. The first-order valence-corrected chi connectivity index (χ1v) is 4.35. The van der Waals surface area contributed by atoms with Crippen molar-refractivity contribution in [3.63, 3.8) is 0 Å². The predicted octanol–water partition coefficient (Wildman–Crippen LogP) is 1.15. The van der Waals surface area contributed by atoms with Gasteiger partial charge in [0.05, 0.1) is 5.60 Å². The fraction of sp³-hybridized carbons (Fsp3) is 0.800. The number of hydrogen-bond acceptors (Lipinski definition) is 2. The Kier molecular flexibility index (Phi) is 4.96. The van der Waals surface area contributed by atoms with Crippen molar-refractivity contribution in [2.24, 2.45) is 0 Å². The summed E-state index contributed by atoms with van der Waals surface area (Å²) in [7, 11) is 0. The Morgan fingerprint density at radius 3 is 2.58 bits per heavy atom. The molecule has 0 aromatic carbocycles. The van der Waals surface area contributed by atoms with E-state index < -0.39 is 5.60 Å². The lowest BCUT2D eigenvalue weighted by atomic mass is 10.1. The summed E-state index contributed by atoms with van der Waals surface area (Å²) in [5.41, 5.74) is -0.580. The molecule has 1 atom stereocenters. The van der Waals surface area contributed by atoms with Crippen molar-refractivity contribution in [1.82, 2.24) is 5.32 Å². The number of terminal acetylenes is 1. The maximum Gasteiger partial charge on any atom is 0.0603 e. The zero-order chi connectivity index (χ0) is 9.61. The van der Waals surface area contributed by atoms with Gasteiger partial charge in [0.25, 0.3) is 0 Å². The van der Waals surface area contributed by atoms with E-state index in [9.17, 15) is 5.11 Å². The minimum atomic E-state index is -0.580. The highest BCUT2D eigenvalue weighted by Crippen LogP contribution is 2.05. The molecule has 0 bridgehead atoms. The molecule has 0 aromatic heterocycles. The summed E-state index contributed by atoms with van der Waals surface area (Å²) in [6.07, 6.45) is 6.64. The van der Waals surface area contributed by atoms with Crippen LogP contribution < -0.4 is 5.32 Å². The molecule has 0 rings (SSSR count). The van der Waals surface area contributed by atoms with Crippen LogP contribution in [0.25, 0.3) is 0 Å². The third kappa shape index (κ3) is 7.59. The minimum absolute atomic E-state index is 0.345. The molecule has 0 aliphatic heterocycles. The first kappa shape index (κ1) is 11.5. The highest BCUT2D eigenvalue weighted by atomic mass is 16.3. The van der Waals surface area contributed by atoms with Crippen LogP contribution in [0.5, 0.6) is 0 Å². The summed E-state index contributed by atoms with van der Waals surface area (Å²) in [5, 5.41) is 12.6. The Balaban J connectivity index is 3.38. The number of nitrogens with one attached hydrogen (secondary N) is 1. The second kappa shape index (κ2) is 5.18. The van der Waals surface area contributed by atoms with Crippen molar-refractivity contribution >= 4 is 0 Å². The van der Waals surface area contributed by atoms with Crippen molar-refractivity contribution in [1.29, 1.82) is 0 Å². The maximum atomic E-state index is 9.38. The zero-order valence-corrected chi connectivity index (χ0v) is 8.22. The second-order valence-electron chi connectivity index (χ2n) is 3.83. The van der Waals surface area contributed by atoms with Crippen molar-refractivity contribution in [3.05, 3.63) is 0 Å². The zero-order valence-electron chi connectivity index (χ0n) is 8.22. The van der Waals surface area contributed by atoms with E-state index in [1.54, 1.807) is 13.8 Å². The molecule has 0 spiro atoms. The molecule has 0 heterocycles. The smallest absolute Gasteiger partial charge is 0.0603 e. The van der Waals surface area contributed by atoms with Crippen molar-refractivity contribution in [2.75, 3.05) is 6.54 Å². The minimum Gasteiger partial charge on any atom is -0.390 e. The molecular formula is C10H19NO. The van der Waals surface area contributed by atoms with Crippen LogP contribution in [-0.2, 0) is 0 Å². The van der Waals surface area contributed by atoms with Crippen LogP contribution in [-0.4, -0.2) is 23.3 Å². The molecule has 70 valence electrons.